The second-order valence-corrected chi connectivity index (χ2v) is 8.54. The van der Waals surface area contributed by atoms with E-state index in [1.807, 2.05) is 30.3 Å². The van der Waals surface area contributed by atoms with Crippen LogP contribution >= 0.6 is 11.8 Å². The summed E-state index contributed by atoms with van der Waals surface area (Å²) in [7, 11) is 2.13. The molecule has 6 heteroatoms. The van der Waals surface area contributed by atoms with Crippen molar-refractivity contribution in [2.24, 2.45) is 0 Å². The van der Waals surface area contributed by atoms with Crippen molar-refractivity contribution in [3.05, 3.63) is 71.3 Å². The van der Waals surface area contributed by atoms with Gasteiger partial charge in [-0.25, -0.2) is 9.97 Å². The zero-order valence-electron chi connectivity index (χ0n) is 17.4. The predicted octanol–water partition coefficient (Wildman–Crippen LogP) is 4.37. The van der Waals surface area contributed by atoms with Crippen molar-refractivity contribution in [2.45, 2.75) is 17.8 Å². The number of nitrogens with zero attached hydrogens (tertiary/aromatic N) is 5. The van der Waals surface area contributed by atoms with E-state index in [1.54, 1.807) is 11.8 Å². The summed E-state index contributed by atoms with van der Waals surface area (Å²) in [5, 5.41) is 10.7. The molecule has 152 valence electrons. The second-order valence-electron chi connectivity index (χ2n) is 7.60. The molecule has 1 aliphatic rings. The Labute approximate surface area is 182 Å². The molecular weight excluding hydrogens is 390 g/mol. The molecule has 0 bridgehead atoms. The largest absolute Gasteiger partial charge is 0.353 e. The first-order valence-electron chi connectivity index (χ1n) is 10.1. The van der Waals surface area contributed by atoms with Gasteiger partial charge >= 0.3 is 0 Å². The van der Waals surface area contributed by atoms with Crippen LogP contribution in [0.5, 0.6) is 0 Å². The number of thioether (sulfide) groups is 1. The minimum Gasteiger partial charge on any atom is -0.353 e. The topological polar surface area (TPSA) is 56.1 Å². The van der Waals surface area contributed by atoms with Crippen molar-refractivity contribution in [3.63, 3.8) is 0 Å². The van der Waals surface area contributed by atoms with Crippen LogP contribution in [0.15, 0.2) is 59.8 Å². The van der Waals surface area contributed by atoms with Crippen LogP contribution < -0.4 is 4.90 Å². The number of nitriles is 1. The number of benzene rings is 2. The number of piperazine rings is 1. The van der Waals surface area contributed by atoms with Gasteiger partial charge in [-0.15, -0.1) is 0 Å². The van der Waals surface area contributed by atoms with E-state index in [9.17, 15) is 5.26 Å². The van der Waals surface area contributed by atoms with Gasteiger partial charge in [-0.2, -0.15) is 5.26 Å². The summed E-state index contributed by atoms with van der Waals surface area (Å²) in [6, 6.07) is 20.9. The molecule has 4 rings (SSSR count). The molecule has 5 nitrogen and oxygen atoms in total. The van der Waals surface area contributed by atoms with Crippen molar-refractivity contribution >= 4 is 17.6 Å². The van der Waals surface area contributed by atoms with Crippen molar-refractivity contribution in [2.75, 3.05) is 38.1 Å². The molecule has 0 unspecified atom stereocenters. The van der Waals surface area contributed by atoms with E-state index < -0.39 is 0 Å². The summed E-state index contributed by atoms with van der Waals surface area (Å²) < 4.78 is 0. The minimum absolute atomic E-state index is 0.562. The van der Waals surface area contributed by atoms with E-state index in [1.165, 1.54) is 11.1 Å². The van der Waals surface area contributed by atoms with Gasteiger partial charge in [0.2, 0.25) is 0 Å². The summed E-state index contributed by atoms with van der Waals surface area (Å²) in [6.45, 7) is 5.70. The summed E-state index contributed by atoms with van der Waals surface area (Å²) in [5.74, 6) is 1.55. The summed E-state index contributed by atoms with van der Waals surface area (Å²) in [5.41, 5.74) is 4.65. The van der Waals surface area contributed by atoms with Crippen LogP contribution in [0.3, 0.4) is 0 Å². The van der Waals surface area contributed by atoms with E-state index in [-0.39, 0.29) is 0 Å². The Balaban J connectivity index is 1.74. The van der Waals surface area contributed by atoms with E-state index in [2.05, 4.69) is 54.1 Å². The Morgan fingerprint density at radius 2 is 1.67 bits per heavy atom. The lowest BCUT2D eigenvalue weighted by molar-refractivity contribution is 0.311. The van der Waals surface area contributed by atoms with Crippen molar-refractivity contribution in [3.8, 4) is 17.3 Å². The summed E-state index contributed by atoms with van der Waals surface area (Å²) in [6.07, 6.45) is 0. The zero-order valence-corrected chi connectivity index (χ0v) is 18.2. The maximum atomic E-state index is 10.0. The lowest BCUT2D eigenvalue weighted by atomic mass is 10.0. The lowest BCUT2D eigenvalue weighted by Crippen LogP contribution is -2.45. The molecule has 0 spiro atoms. The summed E-state index contributed by atoms with van der Waals surface area (Å²) >= 11 is 1.61. The fraction of sp³-hybridized carbons (Fsp3) is 0.292. The molecule has 3 aromatic rings. The number of likely N-dealkylation sites (N-methyl/N-ethyl adjacent to an activating group) is 1. The van der Waals surface area contributed by atoms with Gasteiger partial charge in [-0.05, 0) is 19.5 Å². The first-order valence-corrected chi connectivity index (χ1v) is 11.1. The van der Waals surface area contributed by atoms with Gasteiger partial charge < -0.3 is 9.80 Å². The second kappa shape index (κ2) is 9.29. The van der Waals surface area contributed by atoms with E-state index in [4.69, 9.17) is 9.97 Å². The zero-order chi connectivity index (χ0) is 20.9. The molecule has 0 radical (unpaired) electrons. The predicted molar refractivity (Wildman–Crippen MR) is 123 cm³/mol. The molecule has 1 aromatic heterocycles. The van der Waals surface area contributed by atoms with E-state index in [0.29, 0.717) is 10.7 Å². The van der Waals surface area contributed by atoms with Crippen LogP contribution in [0, 0.1) is 18.3 Å². The minimum atomic E-state index is 0.562. The van der Waals surface area contributed by atoms with Gasteiger partial charge in [0, 0.05) is 37.5 Å². The third-order valence-corrected chi connectivity index (χ3v) is 6.24. The Morgan fingerprint density at radius 3 is 2.33 bits per heavy atom. The van der Waals surface area contributed by atoms with Crippen LogP contribution in [0.25, 0.3) is 11.3 Å². The van der Waals surface area contributed by atoms with Gasteiger partial charge in [0.25, 0.3) is 0 Å². The van der Waals surface area contributed by atoms with Gasteiger partial charge in [-0.3, -0.25) is 0 Å². The standard InChI is InChI=1S/C24H25N5S/c1-18-8-10-20(11-9-18)22-21(16-25)23(29-14-12-28(2)13-15-29)27-24(26-22)30-17-19-6-4-3-5-7-19/h3-11H,12-15,17H2,1-2H3. The van der Waals surface area contributed by atoms with Crippen molar-refractivity contribution < 1.29 is 0 Å². The Bertz CT molecular complexity index is 1040. The average Bonchev–Trinajstić information content (AvgIpc) is 2.79. The molecular formula is C24H25N5S. The number of rotatable bonds is 5. The van der Waals surface area contributed by atoms with Gasteiger partial charge in [0.15, 0.2) is 11.0 Å². The molecule has 0 aliphatic carbocycles. The monoisotopic (exact) mass is 415 g/mol. The highest BCUT2D eigenvalue weighted by molar-refractivity contribution is 7.98. The third kappa shape index (κ3) is 4.64. The number of anilines is 1. The van der Waals surface area contributed by atoms with Crippen LogP contribution in [0.4, 0.5) is 5.82 Å². The van der Waals surface area contributed by atoms with Crippen LogP contribution in [-0.4, -0.2) is 48.1 Å². The highest BCUT2D eigenvalue weighted by Gasteiger charge is 2.23. The number of hydrogen-bond donors (Lipinski definition) is 0. The fourth-order valence-corrected chi connectivity index (χ4v) is 4.28. The molecule has 0 atom stereocenters. The molecule has 0 saturated carbocycles. The molecule has 1 saturated heterocycles. The maximum absolute atomic E-state index is 10.0. The highest BCUT2D eigenvalue weighted by atomic mass is 32.2. The first kappa shape index (κ1) is 20.4. The Kier molecular flexibility index (Phi) is 6.32. The van der Waals surface area contributed by atoms with Crippen molar-refractivity contribution in [1.82, 2.24) is 14.9 Å². The SMILES string of the molecule is Cc1ccc(-c2nc(SCc3ccccc3)nc(N3CCN(C)CC3)c2C#N)cc1. The Morgan fingerprint density at radius 1 is 0.967 bits per heavy atom. The first-order chi connectivity index (χ1) is 14.6. The number of aromatic nitrogens is 2. The smallest absolute Gasteiger partial charge is 0.190 e. The van der Waals surface area contributed by atoms with Crippen LogP contribution in [0.1, 0.15) is 16.7 Å². The van der Waals surface area contributed by atoms with E-state index >= 15 is 0 Å². The van der Waals surface area contributed by atoms with Crippen LogP contribution in [0.2, 0.25) is 0 Å². The van der Waals surface area contributed by atoms with Crippen molar-refractivity contribution in [1.29, 1.82) is 5.26 Å². The van der Waals surface area contributed by atoms with E-state index in [0.717, 1.165) is 49.0 Å². The molecule has 2 heterocycles. The van der Waals surface area contributed by atoms with Crippen LogP contribution in [-0.2, 0) is 5.75 Å². The molecule has 1 fully saturated rings. The molecule has 1 aliphatic heterocycles. The molecule has 0 N–H and O–H groups in total. The Hall–Kier alpha value is -2.88. The molecule has 30 heavy (non-hydrogen) atoms. The van der Waals surface area contributed by atoms with Gasteiger partial charge in [0.1, 0.15) is 11.6 Å². The van der Waals surface area contributed by atoms with Gasteiger partial charge in [-0.1, -0.05) is 71.9 Å². The third-order valence-electron chi connectivity index (χ3n) is 5.32. The fourth-order valence-electron chi connectivity index (χ4n) is 3.49. The number of hydrogen-bond acceptors (Lipinski definition) is 6. The molecule has 2 aromatic carbocycles. The normalized spacial score (nSPS) is 14.5. The lowest BCUT2D eigenvalue weighted by Gasteiger charge is -2.34. The highest BCUT2D eigenvalue weighted by Crippen LogP contribution is 2.32. The number of aryl methyl sites for hydroxylation is 1. The summed E-state index contributed by atoms with van der Waals surface area (Å²) in [4.78, 5) is 14.2. The molecule has 0 amide bonds. The van der Waals surface area contributed by atoms with Gasteiger partial charge in [0.05, 0.1) is 5.69 Å². The quantitative estimate of drug-likeness (QED) is 0.456. The average molecular weight is 416 g/mol. The maximum Gasteiger partial charge on any atom is 0.190 e.